The van der Waals surface area contributed by atoms with Crippen LogP contribution < -0.4 is 5.32 Å². The summed E-state index contributed by atoms with van der Waals surface area (Å²) in [6.07, 6.45) is 6.44. The highest BCUT2D eigenvalue weighted by Gasteiger charge is 2.09. The first-order chi connectivity index (χ1) is 9.33. The van der Waals surface area contributed by atoms with Gasteiger partial charge in [0.15, 0.2) is 0 Å². The van der Waals surface area contributed by atoms with E-state index in [1.807, 2.05) is 30.5 Å². The zero-order chi connectivity index (χ0) is 13.5. The highest BCUT2D eigenvalue weighted by Crippen LogP contribution is 2.11. The number of hydrogen-bond donors (Lipinski definition) is 1. The summed E-state index contributed by atoms with van der Waals surface area (Å²) in [5, 5.41) is 3.60. The predicted molar refractivity (Wildman–Crippen MR) is 80.2 cm³/mol. The molecule has 0 bridgehead atoms. The maximum absolute atomic E-state index is 4.70. The Morgan fingerprint density at radius 1 is 1.11 bits per heavy atom. The van der Waals surface area contributed by atoms with Crippen molar-refractivity contribution < 1.29 is 0 Å². The molecule has 0 aliphatic carbocycles. The quantitative estimate of drug-likeness (QED) is 0.826. The van der Waals surface area contributed by atoms with Gasteiger partial charge in [-0.25, -0.2) is 4.98 Å². The molecule has 2 aromatic rings. The summed E-state index contributed by atoms with van der Waals surface area (Å²) >= 11 is 0. The molecule has 0 saturated carbocycles. The Kier molecular flexibility index (Phi) is 5.28. The Bertz CT molecular complexity index is 510. The highest BCUT2D eigenvalue weighted by molar-refractivity contribution is 5.73. The molecule has 1 aromatic heterocycles. The summed E-state index contributed by atoms with van der Waals surface area (Å²) in [5.74, 6) is 0. The summed E-state index contributed by atoms with van der Waals surface area (Å²) < 4.78 is 0. The van der Waals surface area contributed by atoms with Crippen molar-refractivity contribution in [1.82, 2.24) is 15.3 Å². The van der Waals surface area contributed by atoms with Crippen LogP contribution in [0, 0.1) is 0 Å². The number of nitrogens with zero attached hydrogens (tertiary/aromatic N) is 2. The first-order valence-corrected chi connectivity index (χ1v) is 7.27. The van der Waals surface area contributed by atoms with Crippen molar-refractivity contribution in [2.45, 2.75) is 45.6 Å². The molecule has 102 valence electrons. The average Bonchev–Trinajstić information content (AvgIpc) is 2.45. The molecule has 0 fully saturated rings. The summed E-state index contributed by atoms with van der Waals surface area (Å²) in [4.78, 5) is 9.19. The van der Waals surface area contributed by atoms with Crippen LogP contribution in [0.3, 0.4) is 0 Å². The third kappa shape index (κ3) is 4.00. The molecule has 1 aromatic carbocycles. The molecule has 0 aliphatic heterocycles. The Hall–Kier alpha value is -1.48. The lowest BCUT2D eigenvalue weighted by atomic mass is 10.1. The molecule has 1 N–H and O–H groups in total. The van der Waals surface area contributed by atoms with E-state index in [1.165, 1.54) is 19.3 Å². The van der Waals surface area contributed by atoms with Crippen LogP contribution in [0.25, 0.3) is 11.0 Å². The lowest BCUT2D eigenvalue weighted by molar-refractivity contribution is 0.469. The van der Waals surface area contributed by atoms with Crippen molar-refractivity contribution in [3.8, 4) is 0 Å². The van der Waals surface area contributed by atoms with Crippen LogP contribution in [-0.2, 0) is 6.42 Å². The molecule has 0 radical (unpaired) electrons. The van der Waals surface area contributed by atoms with E-state index in [0.717, 1.165) is 29.7 Å². The zero-order valence-electron chi connectivity index (χ0n) is 11.9. The van der Waals surface area contributed by atoms with E-state index in [4.69, 9.17) is 4.98 Å². The fourth-order valence-electron chi connectivity index (χ4n) is 2.32. The van der Waals surface area contributed by atoms with Crippen LogP contribution in [0.5, 0.6) is 0 Å². The Labute approximate surface area is 115 Å². The minimum absolute atomic E-state index is 0.514. The maximum atomic E-state index is 4.70. The zero-order valence-corrected chi connectivity index (χ0v) is 11.9. The number of hydrogen-bond acceptors (Lipinski definition) is 3. The number of para-hydroxylation sites is 2. The molecule has 0 aliphatic rings. The maximum Gasteiger partial charge on any atom is 0.0890 e. The van der Waals surface area contributed by atoms with E-state index in [1.54, 1.807) is 0 Å². The molecular weight excluding hydrogens is 234 g/mol. The second kappa shape index (κ2) is 7.19. The van der Waals surface area contributed by atoms with Gasteiger partial charge in [-0.15, -0.1) is 0 Å². The molecule has 3 heteroatoms. The highest BCUT2D eigenvalue weighted by atomic mass is 14.9. The second-order valence-corrected chi connectivity index (χ2v) is 4.99. The molecule has 0 saturated heterocycles. The van der Waals surface area contributed by atoms with Crippen LogP contribution in [0.4, 0.5) is 0 Å². The number of nitrogens with one attached hydrogen (secondary N) is 1. The number of aromatic nitrogens is 2. The van der Waals surface area contributed by atoms with Crippen molar-refractivity contribution in [1.29, 1.82) is 0 Å². The van der Waals surface area contributed by atoms with Gasteiger partial charge in [-0.2, -0.15) is 0 Å². The molecule has 1 heterocycles. The van der Waals surface area contributed by atoms with E-state index in [-0.39, 0.29) is 0 Å². The van der Waals surface area contributed by atoms with Crippen molar-refractivity contribution in [3.63, 3.8) is 0 Å². The topological polar surface area (TPSA) is 37.8 Å². The molecule has 19 heavy (non-hydrogen) atoms. The second-order valence-electron chi connectivity index (χ2n) is 4.99. The first-order valence-electron chi connectivity index (χ1n) is 7.27. The van der Waals surface area contributed by atoms with Gasteiger partial charge in [0.25, 0.3) is 0 Å². The number of rotatable bonds is 7. The number of fused-ring (bicyclic) bond motifs is 1. The minimum atomic E-state index is 0.514. The lowest BCUT2D eigenvalue weighted by Gasteiger charge is -2.17. The fourth-order valence-corrected chi connectivity index (χ4v) is 2.32. The summed E-state index contributed by atoms with van der Waals surface area (Å²) in [7, 11) is 0. The molecule has 2 rings (SSSR count). The third-order valence-electron chi connectivity index (χ3n) is 3.27. The molecule has 1 atom stereocenters. The van der Waals surface area contributed by atoms with E-state index in [9.17, 15) is 0 Å². The van der Waals surface area contributed by atoms with Crippen molar-refractivity contribution in [2.75, 3.05) is 6.54 Å². The van der Waals surface area contributed by atoms with Gasteiger partial charge in [0, 0.05) is 18.7 Å². The Morgan fingerprint density at radius 2 is 1.89 bits per heavy atom. The monoisotopic (exact) mass is 257 g/mol. The van der Waals surface area contributed by atoms with Crippen LogP contribution >= 0.6 is 0 Å². The van der Waals surface area contributed by atoms with Gasteiger partial charge in [-0.05, 0) is 31.5 Å². The summed E-state index contributed by atoms with van der Waals surface area (Å²) in [6.45, 7) is 5.50. The fraction of sp³-hybridized carbons (Fsp3) is 0.500. The Balaban J connectivity index is 2.09. The summed E-state index contributed by atoms with van der Waals surface area (Å²) in [6, 6.07) is 8.56. The van der Waals surface area contributed by atoms with Gasteiger partial charge in [0.05, 0.1) is 16.7 Å². The largest absolute Gasteiger partial charge is 0.314 e. The molecule has 3 nitrogen and oxygen atoms in total. The van der Waals surface area contributed by atoms with E-state index < -0.39 is 0 Å². The smallest absolute Gasteiger partial charge is 0.0890 e. The van der Waals surface area contributed by atoms with E-state index >= 15 is 0 Å². The molecular formula is C16H23N3. The van der Waals surface area contributed by atoms with Gasteiger partial charge in [0.2, 0.25) is 0 Å². The first kappa shape index (κ1) is 13.9. The number of benzene rings is 1. The van der Waals surface area contributed by atoms with Crippen molar-refractivity contribution in [2.24, 2.45) is 0 Å². The lowest BCUT2D eigenvalue weighted by Crippen LogP contribution is -2.32. The predicted octanol–water partition coefficient (Wildman–Crippen LogP) is 3.34. The minimum Gasteiger partial charge on any atom is -0.314 e. The normalized spacial score (nSPS) is 12.7. The van der Waals surface area contributed by atoms with E-state index in [2.05, 4.69) is 24.1 Å². The van der Waals surface area contributed by atoms with Gasteiger partial charge in [0.1, 0.15) is 0 Å². The molecule has 1 unspecified atom stereocenters. The average molecular weight is 257 g/mol. The van der Waals surface area contributed by atoms with Gasteiger partial charge >= 0.3 is 0 Å². The van der Waals surface area contributed by atoms with E-state index in [0.29, 0.717) is 6.04 Å². The molecule has 0 spiro atoms. The van der Waals surface area contributed by atoms with Gasteiger partial charge in [-0.3, -0.25) is 4.98 Å². The molecule has 0 amide bonds. The Morgan fingerprint density at radius 3 is 2.63 bits per heavy atom. The third-order valence-corrected chi connectivity index (χ3v) is 3.27. The van der Waals surface area contributed by atoms with Crippen LogP contribution in [0.1, 0.15) is 38.8 Å². The SMILES string of the molecule is CCCNC(CCC)Cc1cnc2ccccc2n1. The van der Waals surface area contributed by atoms with Crippen LogP contribution in [-0.4, -0.2) is 22.6 Å². The standard InChI is InChI=1S/C16H23N3/c1-3-7-13(17-10-4-2)11-14-12-18-15-8-5-6-9-16(15)19-14/h5-6,8-9,12-13,17H,3-4,7,10-11H2,1-2H3. The van der Waals surface area contributed by atoms with Crippen molar-refractivity contribution >= 4 is 11.0 Å². The van der Waals surface area contributed by atoms with Crippen LogP contribution in [0.2, 0.25) is 0 Å². The van der Waals surface area contributed by atoms with Gasteiger partial charge < -0.3 is 5.32 Å². The summed E-state index contributed by atoms with van der Waals surface area (Å²) in [5.41, 5.74) is 3.05. The van der Waals surface area contributed by atoms with Crippen LogP contribution in [0.15, 0.2) is 30.5 Å². The van der Waals surface area contributed by atoms with Crippen molar-refractivity contribution in [3.05, 3.63) is 36.2 Å². The van der Waals surface area contributed by atoms with Gasteiger partial charge in [-0.1, -0.05) is 32.4 Å².